The van der Waals surface area contributed by atoms with Crippen molar-refractivity contribution in [2.75, 3.05) is 13.1 Å². The maximum Gasteiger partial charge on any atom is 0.0854 e. The number of aliphatic hydroxyl groups excluding tert-OH is 1. The van der Waals surface area contributed by atoms with Crippen LogP contribution in [0.15, 0.2) is 35.7 Å². The number of likely N-dealkylation sites (tertiary alicyclic amines) is 1. The van der Waals surface area contributed by atoms with Crippen LogP contribution >= 0.6 is 11.3 Å². The maximum atomic E-state index is 9.79. The molecule has 0 saturated carbocycles. The summed E-state index contributed by atoms with van der Waals surface area (Å²) in [5.74, 6) is 0. The van der Waals surface area contributed by atoms with Crippen LogP contribution < -0.4 is 0 Å². The topological polar surface area (TPSA) is 36.4 Å². The van der Waals surface area contributed by atoms with Gasteiger partial charge in [0.05, 0.1) is 22.2 Å². The number of aromatic nitrogens is 1. The summed E-state index contributed by atoms with van der Waals surface area (Å²) in [6.45, 7) is 2.85. The summed E-state index contributed by atoms with van der Waals surface area (Å²) in [5.41, 5.74) is 6.58. The molecule has 0 atom stereocenters. The molecule has 1 aliphatic carbocycles. The molecule has 1 aliphatic heterocycles. The Kier molecular flexibility index (Phi) is 4.27. The molecule has 3 heterocycles. The number of nitrogens with zero attached hydrogens (tertiary/aromatic N) is 2. The molecule has 2 aliphatic rings. The molecule has 0 spiro atoms. The summed E-state index contributed by atoms with van der Waals surface area (Å²) in [5, 5.41) is 13.2. The summed E-state index contributed by atoms with van der Waals surface area (Å²) >= 11 is 1.77. The van der Waals surface area contributed by atoms with Crippen LogP contribution in [0.3, 0.4) is 0 Å². The molecule has 134 valence electrons. The minimum Gasteiger partial charge on any atom is -0.393 e. The number of fused-ring (bicyclic) bond motifs is 2. The molecule has 5 rings (SSSR count). The highest BCUT2D eigenvalue weighted by Crippen LogP contribution is 2.33. The van der Waals surface area contributed by atoms with Crippen LogP contribution in [0.25, 0.3) is 21.5 Å². The van der Waals surface area contributed by atoms with Crippen LogP contribution in [0, 0.1) is 0 Å². The summed E-state index contributed by atoms with van der Waals surface area (Å²) in [6.07, 6.45) is 5.30. The van der Waals surface area contributed by atoms with Gasteiger partial charge in [-0.15, -0.1) is 11.3 Å². The van der Waals surface area contributed by atoms with Crippen molar-refractivity contribution >= 4 is 22.2 Å². The quantitative estimate of drug-likeness (QED) is 0.748. The molecular formula is C22H24N2OS. The van der Waals surface area contributed by atoms with Crippen molar-refractivity contribution in [1.82, 2.24) is 9.88 Å². The molecular weight excluding hydrogens is 340 g/mol. The molecule has 0 bridgehead atoms. The maximum absolute atomic E-state index is 9.79. The van der Waals surface area contributed by atoms with Crippen LogP contribution in [0.2, 0.25) is 0 Å². The fourth-order valence-electron chi connectivity index (χ4n) is 4.36. The van der Waals surface area contributed by atoms with Crippen LogP contribution in [0.4, 0.5) is 0 Å². The van der Waals surface area contributed by atoms with E-state index >= 15 is 0 Å². The lowest BCUT2D eigenvalue weighted by Crippen LogP contribution is -2.35. The van der Waals surface area contributed by atoms with Crippen LogP contribution in [0.1, 0.15) is 36.0 Å². The zero-order valence-corrected chi connectivity index (χ0v) is 15.8. The predicted octanol–water partition coefficient (Wildman–Crippen LogP) is 4.41. The number of piperidine rings is 1. The first-order valence-electron chi connectivity index (χ1n) is 9.66. The van der Waals surface area contributed by atoms with E-state index in [2.05, 4.69) is 40.6 Å². The van der Waals surface area contributed by atoms with Crippen molar-refractivity contribution in [2.45, 2.75) is 44.8 Å². The molecule has 1 aromatic carbocycles. The fraction of sp³-hybridized carbons (Fsp3) is 0.409. The highest BCUT2D eigenvalue weighted by Gasteiger charge is 2.20. The number of aryl methyl sites for hydroxylation is 2. The molecule has 3 aromatic rings. The molecule has 3 nitrogen and oxygen atoms in total. The van der Waals surface area contributed by atoms with E-state index in [9.17, 15) is 5.11 Å². The molecule has 1 saturated heterocycles. The Hall–Kier alpha value is -1.75. The van der Waals surface area contributed by atoms with E-state index in [1.54, 1.807) is 11.3 Å². The Morgan fingerprint density at radius 3 is 2.69 bits per heavy atom. The lowest BCUT2D eigenvalue weighted by atomic mass is 10.0. The fourth-order valence-corrected chi connectivity index (χ4v) is 5.11. The van der Waals surface area contributed by atoms with Crippen molar-refractivity contribution < 1.29 is 5.11 Å². The molecule has 2 aromatic heterocycles. The minimum atomic E-state index is -0.125. The minimum absolute atomic E-state index is 0.125. The van der Waals surface area contributed by atoms with Gasteiger partial charge in [-0.2, -0.15) is 0 Å². The number of benzene rings is 1. The normalized spacial score (nSPS) is 18.5. The molecule has 0 unspecified atom stereocenters. The van der Waals surface area contributed by atoms with Gasteiger partial charge in [0, 0.05) is 25.0 Å². The summed E-state index contributed by atoms with van der Waals surface area (Å²) < 4.78 is 0. The first kappa shape index (κ1) is 16.4. The third-order valence-corrected chi connectivity index (χ3v) is 6.69. The zero-order chi connectivity index (χ0) is 17.5. The summed E-state index contributed by atoms with van der Waals surface area (Å²) in [7, 11) is 0. The molecule has 1 fully saturated rings. The lowest BCUT2D eigenvalue weighted by molar-refractivity contribution is 0.0793. The molecule has 1 N–H and O–H groups in total. The van der Waals surface area contributed by atoms with Gasteiger partial charge in [-0.25, -0.2) is 4.98 Å². The van der Waals surface area contributed by atoms with Gasteiger partial charge >= 0.3 is 0 Å². The van der Waals surface area contributed by atoms with E-state index in [1.165, 1.54) is 46.2 Å². The van der Waals surface area contributed by atoms with Gasteiger partial charge in [-0.1, -0.05) is 6.07 Å². The number of pyridine rings is 1. The van der Waals surface area contributed by atoms with E-state index in [0.717, 1.165) is 43.7 Å². The number of thiophene rings is 1. The van der Waals surface area contributed by atoms with Gasteiger partial charge in [0.2, 0.25) is 0 Å². The lowest BCUT2D eigenvalue weighted by Gasteiger charge is -2.30. The first-order chi connectivity index (χ1) is 12.8. The van der Waals surface area contributed by atoms with E-state index in [1.807, 2.05) is 0 Å². The van der Waals surface area contributed by atoms with E-state index in [4.69, 9.17) is 4.98 Å². The number of hydrogen-bond acceptors (Lipinski definition) is 4. The SMILES string of the molecule is OC1CCN(Cc2cc3cc4c(cc3nc2-c2cccs2)CCC4)CC1. The standard InChI is InChI=1S/C22H24N2OS/c25-19-6-8-24(9-7-19)14-18-12-17-11-15-3-1-4-16(15)13-20(17)23-22(18)21-5-2-10-26-21/h2,5,10-13,19,25H,1,3-4,6-9,14H2. The van der Waals surface area contributed by atoms with Crippen molar-refractivity contribution in [1.29, 1.82) is 0 Å². The monoisotopic (exact) mass is 364 g/mol. The van der Waals surface area contributed by atoms with E-state index in [0.29, 0.717) is 0 Å². The predicted molar refractivity (Wildman–Crippen MR) is 108 cm³/mol. The van der Waals surface area contributed by atoms with Gasteiger partial charge in [0.1, 0.15) is 0 Å². The number of hydrogen-bond donors (Lipinski definition) is 1. The molecule has 0 amide bonds. The largest absolute Gasteiger partial charge is 0.393 e. The third kappa shape index (κ3) is 3.07. The smallest absolute Gasteiger partial charge is 0.0854 e. The average Bonchev–Trinajstić information content (AvgIpc) is 3.32. The van der Waals surface area contributed by atoms with Gasteiger partial charge in [-0.05, 0) is 78.4 Å². The highest BCUT2D eigenvalue weighted by atomic mass is 32.1. The van der Waals surface area contributed by atoms with Gasteiger partial charge in [0.25, 0.3) is 0 Å². The van der Waals surface area contributed by atoms with E-state index in [-0.39, 0.29) is 6.10 Å². The van der Waals surface area contributed by atoms with Crippen molar-refractivity contribution in [3.05, 3.63) is 52.4 Å². The Bertz CT molecular complexity index is 927. The first-order valence-corrected chi connectivity index (χ1v) is 10.5. The third-order valence-electron chi connectivity index (χ3n) is 5.81. The highest BCUT2D eigenvalue weighted by molar-refractivity contribution is 7.13. The number of aliphatic hydroxyl groups is 1. The van der Waals surface area contributed by atoms with Crippen LogP contribution in [-0.4, -0.2) is 34.2 Å². The number of rotatable bonds is 3. The molecule has 26 heavy (non-hydrogen) atoms. The van der Waals surface area contributed by atoms with Crippen molar-refractivity contribution in [2.24, 2.45) is 0 Å². The molecule has 0 radical (unpaired) electrons. The Morgan fingerprint density at radius 2 is 1.92 bits per heavy atom. The second kappa shape index (κ2) is 6.76. The average molecular weight is 365 g/mol. The van der Waals surface area contributed by atoms with Gasteiger partial charge in [0.15, 0.2) is 0 Å². The van der Waals surface area contributed by atoms with E-state index < -0.39 is 0 Å². The molecule has 4 heteroatoms. The second-order valence-corrected chi connectivity index (χ2v) is 8.60. The van der Waals surface area contributed by atoms with Crippen LogP contribution in [-0.2, 0) is 19.4 Å². The summed E-state index contributed by atoms with van der Waals surface area (Å²) in [4.78, 5) is 8.82. The Balaban J connectivity index is 1.57. The van der Waals surface area contributed by atoms with Crippen molar-refractivity contribution in [3.63, 3.8) is 0 Å². The Morgan fingerprint density at radius 1 is 1.12 bits per heavy atom. The van der Waals surface area contributed by atoms with Gasteiger partial charge in [-0.3, -0.25) is 4.90 Å². The van der Waals surface area contributed by atoms with Gasteiger partial charge < -0.3 is 5.11 Å². The van der Waals surface area contributed by atoms with Crippen molar-refractivity contribution in [3.8, 4) is 10.6 Å². The zero-order valence-electron chi connectivity index (χ0n) is 14.9. The summed E-state index contributed by atoms with van der Waals surface area (Å²) in [6, 6.07) is 11.3. The van der Waals surface area contributed by atoms with Crippen LogP contribution in [0.5, 0.6) is 0 Å². The Labute approximate surface area is 158 Å². The second-order valence-electron chi connectivity index (χ2n) is 7.65.